The summed E-state index contributed by atoms with van der Waals surface area (Å²) in [6.45, 7) is 1.81. The number of hydrogen-bond acceptors (Lipinski definition) is 5. The second-order valence-corrected chi connectivity index (χ2v) is 9.85. The Morgan fingerprint density at radius 1 is 1.03 bits per heavy atom. The zero-order valence-corrected chi connectivity index (χ0v) is 20.7. The number of benzene rings is 3. The maximum absolute atomic E-state index is 13.1. The SMILES string of the molecule is COc1ccc(-n2nc(C)cc2C(=O)Nc2ccc(-c3ccccc3S(N)(=O)=O)c(Br)c2)cc1. The molecule has 3 N–H and O–H groups in total. The lowest BCUT2D eigenvalue weighted by atomic mass is 10.1. The van der Waals surface area contributed by atoms with Gasteiger partial charge in [0, 0.05) is 15.7 Å². The molecule has 0 unspecified atom stereocenters. The Morgan fingerprint density at radius 3 is 2.38 bits per heavy atom. The fourth-order valence-electron chi connectivity index (χ4n) is 3.53. The zero-order chi connectivity index (χ0) is 24.5. The van der Waals surface area contributed by atoms with Gasteiger partial charge in [0.15, 0.2) is 0 Å². The molecule has 4 aromatic rings. The number of nitrogens with zero attached hydrogens (tertiary/aromatic N) is 2. The van der Waals surface area contributed by atoms with Gasteiger partial charge in [0.05, 0.1) is 23.4 Å². The molecule has 0 aliphatic heterocycles. The summed E-state index contributed by atoms with van der Waals surface area (Å²) in [6, 6.07) is 20.5. The number of carbonyl (C=O) groups excluding carboxylic acids is 1. The molecule has 34 heavy (non-hydrogen) atoms. The minimum Gasteiger partial charge on any atom is -0.497 e. The van der Waals surface area contributed by atoms with Gasteiger partial charge in [-0.15, -0.1) is 0 Å². The van der Waals surface area contributed by atoms with Crippen LogP contribution in [0, 0.1) is 6.92 Å². The van der Waals surface area contributed by atoms with Gasteiger partial charge in [-0.25, -0.2) is 18.2 Å². The summed E-state index contributed by atoms with van der Waals surface area (Å²) in [6.07, 6.45) is 0. The number of ether oxygens (including phenoxy) is 1. The Labute approximate surface area is 205 Å². The highest BCUT2D eigenvalue weighted by Gasteiger charge is 2.19. The number of methoxy groups -OCH3 is 1. The summed E-state index contributed by atoms with van der Waals surface area (Å²) in [5, 5.41) is 12.7. The second kappa shape index (κ2) is 9.41. The minimum atomic E-state index is -3.90. The molecular weight excluding hydrogens is 520 g/mol. The predicted molar refractivity (Wildman–Crippen MR) is 134 cm³/mol. The summed E-state index contributed by atoms with van der Waals surface area (Å²) in [5.41, 5.74) is 3.38. The molecule has 0 aliphatic carbocycles. The number of sulfonamides is 1. The molecule has 1 amide bonds. The Bertz CT molecular complexity index is 1480. The smallest absolute Gasteiger partial charge is 0.274 e. The van der Waals surface area contributed by atoms with Crippen molar-refractivity contribution < 1.29 is 17.9 Å². The molecule has 10 heteroatoms. The number of primary sulfonamides is 1. The first kappa shape index (κ1) is 23.7. The number of aromatic nitrogens is 2. The Kier molecular flexibility index (Phi) is 6.56. The van der Waals surface area contributed by atoms with Gasteiger partial charge in [0.25, 0.3) is 5.91 Å². The fraction of sp³-hybridized carbons (Fsp3) is 0.0833. The average Bonchev–Trinajstić information content (AvgIpc) is 3.20. The molecule has 0 radical (unpaired) electrons. The Morgan fingerprint density at radius 2 is 1.74 bits per heavy atom. The summed E-state index contributed by atoms with van der Waals surface area (Å²) >= 11 is 3.48. The van der Waals surface area contributed by atoms with Crippen molar-refractivity contribution in [3.8, 4) is 22.6 Å². The van der Waals surface area contributed by atoms with Gasteiger partial charge in [-0.2, -0.15) is 5.10 Å². The molecular formula is C24H21BrN4O4S. The van der Waals surface area contributed by atoms with Gasteiger partial charge in [-0.05, 0) is 61.0 Å². The summed E-state index contributed by atoms with van der Waals surface area (Å²) in [4.78, 5) is 13.1. The van der Waals surface area contributed by atoms with E-state index in [0.717, 1.165) is 5.69 Å². The lowest BCUT2D eigenvalue weighted by Gasteiger charge is -2.12. The van der Waals surface area contributed by atoms with Crippen molar-refractivity contribution >= 4 is 37.5 Å². The van der Waals surface area contributed by atoms with Crippen molar-refractivity contribution in [1.29, 1.82) is 0 Å². The molecule has 0 fully saturated rings. The van der Waals surface area contributed by atoms with Crippen LogP contribution in [0.1, 0.15) is 16.2 Å². The van der Waals surface area contributed by atoms with Crippen molar-refractivity contribution in [2.75, 3.05) is 12.4 Å². The average molecular weight is 541 g/mol. The number of hydrogen-bond donors (Lipinski definition) is 2. The maximum Gasteiger partial charge on any atom is 0.274 e. The molecule has 0 spiro atoms. The minimum absolute atomic E-state index is 0.0198. The van der Waals surface area contributed by atoms with Crippen molar-refractivity contribution in [2.24, 2.45) is 5.14 Å². The van der Waals surface area contributed by atoms with Gasteiger partial charge in [0.1, 0.15) is 11.4 Å². The zero-order valence-electron chi connectivity index (χ0n) is 18.3. The number of carbonyl (C=O) groups is 1. The van der Waals surface area contributed by atoms with E-state index in [1.165, 1.54) is 6.07 Å². The van der Waals surface area contributed by atoms with E-state index in [9.17, 15) is 13.2 Å². The van der Waals surface area contributed by atoms with Crippen LogP contribution >= 0.6 is 15.9 Å². The topological polar surface area (TPSA) is 116 Å². The van der Waals surface area contributed by atoms with Gasteiger partial charge in [0.2, 0.25) is 10.0 Å². The number of anilines is 1. The molecule has 1 heterocycles. The standard InChI is InChI=1S/C24H21BrN4O4S/c1-15-13-22(29(28-15)17-8-10-18(33-2)11-9-17)24(30)27-16-7-12-19(21(25)14-16)20-5-3-4-6-23(20)34(26,31)32/h3-14H,1-2H3,(H,27,30)(H2,26,31,32). The quantitative estimate of drug-likeness (QED) is 0.373. The third kappa shape index (κ3) is 4.89. The number of halogens is 1. The van der Waals surface area contributed by atoms with E-state index in [4.69, 9.17) is 9.88 Å². The van der Waals surface area contributed by atoms with Crippen molar-refractivity contribution in [3.63, 3.8) is 0 Å². The highest BCUT2D eigenvalue weighted by molar-refractivity contribution is 9.10. The number of nitrogens with two attached hydrogens (primary N) is 1. The van der Waals surface area contributed by atoms with E-state index in [0.29, 0.717) is 38.4 Å². The van der Waals surface area contributed by atoms with Crippen molar-refractivity contribution in [1.82, 2.24) is 9.78 Å². The molecule has 0 atom stereocenters. The van der Waals surface area contributed by atoms with Crippen LogP contribution in [0.25, 0.3) is 16.8 Å². The van der Waals surface area contributed by atoms with Crippen LogP contribution in [0.5, 0.6) is 5.75 Å². The molecule has 3 aromatic carbocycles. The normalized spacial score (nSPS) is 11.3. The highest BCUT2D eigenvalue weighted by atomic mass is 79.9. The first-order valence-electron chi connectivity index (χ1n) is 10.1. The largest absolute Gasteiger partial charge is 0.497 e. The first-order chi connectivity index (χ1) is 16.2. The lowest BCUT2D eigenvalue weighted by molar-refractivity contribution is 0.101. The molecule has 8 nitrogen and oxygen atoms in total. The Balaban J connectivity index is 1.63. The summed E-state index contributed by atoms with van der Waals surface area (Å²) in [7, 11) is -2.32. The molecule has 0 bridgehead atoms. The molecule has 1 aromatic heterocycles. The highest BCUT2D eigenvalue weighted by Crippen LogP contribution is 2.34. The molecule has 174 valence electrons. The van der Waals surface area contributed by atoms with E-state index in [2.05, 4.69) is 26.3 Å². The third-order valence-corrected chi connectivity index (χ3v) is 6.72. The molecule has 4 rings (SSSR count). The van der Waals surface area contributed by atoms with Crippen molar-refractivity contribution in [3.05, 3.63) is 88.7 Å². The molecule has 0 saturated carbocycles. The lowest BCUT2D eigenvalue weighted by Crippen LogP contribution is -2.17. The number of amides is 1. The van der Waals surface area contributed by atoms with E-state index < -0.39 is 10.0 Å². The number of aryl methyl sites for hydroxylation is 1. The van der Waals surface area contributed by atoms with Crippen LogP contribution in [0.2, 0.25) is 0 Å². The van der Waals surface area contributed by atoms with Crippen LogP contribution in [0.4, 0.5) is 5.69 Å². The first-order valence-corrected chi connectivity index (χ1v) is 12.5. The molecule has 0 saturated heterocycles. The van der Waals surface area contributed by atoms with Crippen LogP contribution < -0.4 is 15.2 Å². The molecule has 0 aliphatic rings. The number of nitrogens with one attached hydrogen (secondary N) is 1. The summed E-state index contributed by atoms with van der Waals surface area (Å²) in [5.74, 6) is 0.355. The Hall–Kier alpha value is -3.47. The van der Waals surface area contributed by atoms with E-state index >= 15 is 0 Å². The van der Waals surface area contributed by atoms with Gasteiger partial charge in [-0.3, -0.25) is 4.79 Å². The van der Waals surface area contributed by atoms with E-state index in [1.807, 2.05) is 19.1 Å². The maximum atomic E-state index is 13.1. The second-order valence-electron chi connectivity index (χ2n) is 7.47. The van der Waals surface area contributed by atoms with Crippen LogP contribution in [0.15, 0.2) is 82.2 Å². The van der Waals surface area contributed by atoms with E-state index in [-0.39, 0.29) is 10.8 Å². The monoisotopic (exact) mass is 540 g/mol. The van der Waals surface area contributed by atoms with Gasteiger partial charge in [-0.1, -0.05) is 40.2 Å². The summed E-state index contributed by atoms with van der Waals surface area (Å²) < 4.78 is 31.3. The van der Waals surface area contributed by atoms with Crippen LogP contribution in [0.3, 0.4) is 0 Å². The van der Waals surface area contributed by atoms with Crippen LogP contribution in [-0.2, 0) is 10.0 Å². The third-order valence-electron chi connectivity index (χ3n) is 5.09. The van der Waals surface area contributed by atoms with Crippen molar-refractivity contribution in [2.45, 2.75) is 11.8 Å². The van der Waals surface area contributed by atoms with Crippen LogP contribution in [-0.4, -0.2) is 31.2 Å². The fourth-order valence-corrected chi connectivity index (χ4v) is 4.87. The van der Waals surface area contributed by atoms with E-state index in [1.54, 1.807) is 66.4 Å². The predicted octanol–water partition coefficient (Wildman–Crippen LogP) is 4.52. The van der Waals surface area contributed by atoms with Gasteiger partial charge < -0.3 is 10.1 Å². The number of rotatable bonds is 6. The van der Waals surface area contributed by atoms with Gasteiger partial charge >= 0.3 is 0 Å².